The Hall–Kier alpha value is -1.30. The highest BCUT2D eigenvalue weighted by molar-refractivity contribution is 5.27. The number of allylic oxidation sites excluding steroid dienone is 4. The number of rotatable bonds is 1. The first-order valence-corrected chi connectivity index (χ1v) is 9.14. The molecule has 0 bridgehead atoms. The standard InChI is InChI=1S/C13H20.C7H8.C2H6/c1-11-6-5-9-13(10-11)12-7-3-2-4-8-12;1-7-5-3-2-4-6-7;1-2/h6,10,12H,2-5,7-9H2,1H3;2-6H,1H3;1-2H3. The van der Waals surface area contributed by atoms with Gasteiger partial charge < -0.3 is 0 Å². The Balaban J connectivity index is 0.000000228. The minimum Gasteiger partial charge on any atom is -0.0813 e. The van der Waals surface area contributed by atoms with E-state index >= 15 is 0 Å². The first-order chi connectivity index (χ1) is 10.8. The summed E-state index contributed by atoms with van der Waals surface area (Å²) in [6.07, 6.45) is 14.7. The van der Waals surface area contributed by atoms with Crippen molar-refractivity contribution in [3.05, 3.63) is 59.2 Å². The summed E-state index contributed by atoms with van der Waals surface area (Å²) in [5, 5.41) is 0. The molecule has 2 aliphatic carbocycles. The quantitative estimate of drug-likeness (QED) is 0.512. The first-order valence-electron chi connectivity index (χ1n) is 9.14. The van der Waals surface area contributed by atoms with Crippen molar-refractivity contribution in [3.8, 4) is 0 Å². The summed E-state index contributed by atoms with van der Waals surface area (Å²) in [5.74, 6) is 0.942. The van der Waals surface area contributed by atoms with Gasteiger partial charge in [-0.15, -0.1) is 0 Å². The van der Waals surface area contributed by atoms with Crippen molar-refractivity contribution in [1.82, 2.24) is 0 Å². The van der Waals surface area contributed by atoms with E-state index in [0.717, 1.165) is 5.92 Å². The van der Waals surface area contributed by atoms with E-state index in [0.29, 0.717) is 0 Å². The van der Waals surface area contributed by atoms with Crippen LogP contribution in [0.1, 0.15) is 71.3 Å². The van der Waals surface area contributed by atoms with Crippen LogP contribution in [0, 0.1) is 12.8 Å². The largest absolute Gasteiger partial charge is 0.0813 e. The first kappa shape index (κ1) is 18.7. The van der Waals surface area contributed by atoms with E-state index in [9.17, 15) is 0 Å². The van der Waals surface area contributed by atoms with Gasteiger partial charge in [-0.25, -0.2) is 0 Å². The fraction of sp³-hybridized carbons (Fsp3) is 0.545. The predicted molar refractivity (Wildman–Crippen MR) is 100 cm³/mol. The van der Waals surface area contributed by atoms with Gasteiger partial charge in [0, 0.05) is 0 Å². The summed E-state index contributed by atoms with van der Waals surface area (Å²) in [6, 6.07) is 10.3. The fourth-order valence-corrected chi connectivity index (χ4v) is 3.22. The Kier molecular flexibility index (Phi) is 9.62. The van der Waals surface area contributed by atoms with Crippen LogP contribution in [-0.2, 0) is 0 Å². The molecule has 0 unspecified atom stereocenters. The van der Waals surface area contributed by atoms with Crippen LogP contribution in [-0.4, -0.2) is 0 Å². The lowest BCUT2D eigenvalue weighted by molar-refractivity contribution is 0.394. The van der Waals surface area contributed by atoms with Gasteiger partial charge in [0.15, 0.2) is 0 Å². The van der Waals surface area contributed by atoms with Gasteiger partial charge in [0.05, 0.1) is 0 Å². The summed E-state index contributed by atoms with van der Waals surface area (Å²) in [5.41, 5.74) is 4.56. The molecule has 2 aliphatic rings. The van der Waals surface area contributed by atoms with Gasteiger partial charge in [0.25, 0.3) is 0 Å². The Morgan fingerprint density at radius 3 is 2.00 bits per heavy atom. The maximum Gasteiger partial charge on any atom is -0.0200 e. The lowest BCUT2D eigenvalue weighted by Crippen LogP contribution is -2.10. The van der Waals surface area contributed by atoms with E-state index in [4.69, 9.17) is 0 Å². The summed E-state index contributed by atoms with van der Waals surface area (Å²) >= 11 is 0. The molecule has 0 atom stereocenters. The molecule has 0 N–H and O–H groups in total. The predicted octanol–water partition coefficient (Wildman–Crippen LogP) is 7.25. The molecule has 0 spiro atoms. The second kappa shape index (κ2) is 11.3. The maximum absolute atomic E-state index is 2.44. The third-order valence-electron chi connectivity index (χ3n) is 4.38. The van der Waals surface area contributed by atoms with Crippen LogP contribution < -0.4 is 0 Å². The third kappa shape index (κ3) is 7.11. The highest BCUT2D eigenvalue weighted by atomic mass is 14.2. The van der Waals surface area contributed by atoms with Crippen molar-refractivity contribution in [2.24, 2.45) is 5.92 Å². The molecule has 3 rings (SSSR count). The molecule has 0 nitrogen and oxygen atoms in total. The average Bonchev–Trinajstić information content (AvgIpc) is 2.59. The molecule has 1 saturated carbocycles. The van der Waals surface area contributed by atoms with Crippen LogP contribution >= 0.6 is 0 Å². The minimum atomic E-state index is 0.942. The molecule has 0 aromatic heterocycles. The monoisotopic (exact) mass is 298 g/mol. The number of hydrogen-bond donors (Lipinski definition) is 0. The zero-order valence-electron chi connectivity index (χ0n) is 15.1. The average molecular weight is 299 g/mol. The maximum atomic E-state index is 2.44. The Labute approximate surface area is 138 Å². The molecule has 1 fully saturated rings. The van der Waals surface area contributed by atoms with Crippen molar-refractivity contribution < 1.29 is 0 Å². The van der Waals surface area contributed by atoms with E-state index in [2.05, 4.69) is 38.1 Å². The zero-order chi connectivity index (χ0) is 16.2. The van der Waals surface area contributed by atoms with E-state index in [1.165, 1.54) is 56.1 Å². The molecule has 0 radical (unpaired) electrons. The number of aryl methyl sites for hydroxylation is 1. The second-order valence-corrected chi connectivity index (χ2v) is 6.20. The molecule has 1 aromatic carbocycles. The molecule has 0 aliphatic heterocycles. The summed E-state index contributed by atoms with van der Waals surface area (Å²) in [4.78, 5) is 0. The van der Waals surface area contributed by atoms with Crippen molar-refractivity contribution in [2.75, 3.05) is 0 Å². The van der Waals surface area contributed by atoms with Gasteiger partial charge in [-0.2, -0.15) is 0 Å². The molecule has 22 heavy (non-hydrogen) atoms. The normalized spacial score (nSPS) is 18.0. The molecular weight excluding hydrogens is 264 g/mol. The van der Waals surface area contributed by atoms with E-state index in [1.807, 2.05) is 32.0 Å². The molecule has 0 amide bonds. The van der Waals surface area contributed by atoms with Gasteiger partial charge in [-0.3, -0.25) is 0 Å². The van der Waals surface area contributed by atoms with Crippen LogP contribution in [0.2, 0.25) is 0 Å². The molecule has 122 valence electrons. The van der Waals surface area contributed by atoms with Crippen molar-refractivity contribution in [3.63, 3.8) is 0 Å². The molecular formula is C22H34. The molecule has 0 saturated heterocycles. The lowest BCUT2D eigenvalue weighted by Gasteiger charge is -2.26. The fourth-order valence-electron chi connectivity index (χ4n) is 3.22. The zero-order valence-corrected chi connectivity index (χ0v) is 15.1. The summed E-state index contributed by atoms with van der Waals surface area (Å²) < 4.78 is 0. The van der Waals surface area contributed by atoms with Gasteiger partial charge in [-0.1, -0.05) is 92.3 Å². The SMILES string of the molecule is CC.CC1=CCCC(C2CCCCC2)=C1.Cc1ccccc1. The smallest absolute Gasteiger partial charge is 0.0200 e. The summed E-state index contributed by atoms with van der Waals surface area (Å²) in [6.45, 7) is 8.32. The number of benzene rings is 1. The highest BCUT2D eigenvalue weighted by Crippen LogP contribution is 2.34. The van der Waals surface area contributed by atoms with Crippen LogP contribution in [0.25, 0.3) is 0 Å². The van der Waals surface area contributed by atoms with Crippen molar-refractivity contribution >= 4 is 0 Å². The third-order valence-corrected chi connectivity index (χ3v) is 4.38. The minimum absolute atomic E-state index is 0.942. The molecule has 0 heterocycles. The van der Waals surface area contributed by atoms with Gasteiger partial charge in [-0.05, 0) is 45.4 Å². The molecule has 0 heteroatoms. The van der Waals surface area contributed by atoms with Gasteiger partial charge in [0.2, 0.25) is 0 Å². The van der Waals surface area contributed by atoms with Crippen LogP contribution in [0.5, 0.6) is 0 Å². The van der Waals surface area contributed by atoms with Crippen LogP contribution in [0.3, 0.4) is 0 Å². The Bertz CT molecular complexity index is 444. The van der Waals surface area contributed by atoms with Gasteiger partial charge >= 0.3 is 0 Å². The van der Waals surface area contributed by atoms with Gasteiger partial charge in [0.1, 0.15) is 0 Å². The second-order valence-electron chi connectivity index (χ2n) is 6.20. The Morgan fingerprint density at radius 1 is 0.864 bits per heavy atom. The van der Waals surface area contributed by atoms with E-state index < -0.39 is 0 Å². The van der Waals surface area contributed by atoms with Crippen LogP contribution in [0.15, 0.2) is 53.6 Å². The highest BCUT2D eigenvalue weighted by Gasteiger charge is 2.18. The van der Waals surface area contributed by atoms with Crippen LogP contribution in [0.4, 0.5) is 0 Å². The Morgan fingerprint density at radius 2 is 1.50 bits per heavy atom. The lowest BCUT2D eigenvalue weighted by atomic mass is 9.80. The topological polar surface area (TPSA) is 0 Å². The van der Waals surface area contributed by atoms with E-state index in [1.54, 1.807) is 5.57 Å². The molecule has 1 aromatic rings. The van der Waals surface area contributed by atoms with Crippen molar-refractivity contribution in [2.45, 2.75) is 72.6 Å². The van der Waals surface area contributed by atoms with E-state index in [-0.39, 0.29) is 0 Å². The summed E-state index contributed by atoms with van der Waals surface area (Å²) in [7, 11) is 0. The number of hydrogen-bond acceptors (Lipinski definition) is 0. The van der Waals surface area contributed by atoms with Crippen molar-refractivity contribution in [1.29, 1.82) is 0 Å².